The molecule has 1 aliphatic heterocycles. The van der Waals surface area contributed by atoms with Gasteiger partial charge in [-0.05, 0) is 27.7 Å². The third-order valence-corrected chi connectivity index (χ3v) is 4.02. The number of carbonyl (C=O) groups is 2. The molecule has 0 radical (unpaired) electrons. The standard InChI is InChI=1S/C12H17N3O2S/c1-7-10(16)15(12(3,4)11(17)13-7)5-9-6-18-8(2)14-9/h6-7H,5H2,1-4H3,(H,13,17). The van der Waals surface area contributed by atoms with Gasteiger partial charge in [0.05, 0.1) is 17.2 Å². The largest absolute Gasteiger partial charge is 0.343 e. The molecule has 6 heteroatoms. The second kappa shape index (κ2) is 4.35. The van der Waals surface area contributed by atoms with Gasteiger partial charge in [0.2, 0.25) is 11.8 Å². The Balaban J connectivity index is 2.27. The van der Waals surface area contributed by atoms with Crippen molar-refractivity contribution in [2.24, 2.45) is 0 Å². The van der Waals surface area contributed by atoms with Crippen molar-refractivity contribution in [2.45, 2.75) is 45.8 Å². The van der Waals surface area contributed by atoms with Crippen molar-refractivity contribution in [3.05, 3.63) is 16.1 Å². The SMILES string of the molecule is Cc1nc(CN2C(=O)C(C)NC(=O)C2(C)C)cs1. The van der Waals surface area contributed by atoms with Crippen LogP contribution in [0.1, 0.15) is 31.5 Å². The molecule has 2 heterocycles. The number of nitrogens with one attached hydrogen (secondary N) is 1. The van der Waals surface area contributed by atoms with Crippen molar-refractivity contribution in [1.82, 2.24) is 15.2 Å². The van der Waals surface area contributed by atoms with Gasteiger partial charge < -0.3 is 10.2 Å². The molecule has 2 amide bonds. The lowest BCUT2D eigenvalue weighted by Gasteiger charge is -2.43. The fourth-order valence-electron chi connectivity index (χ4n) is 1.99. The number of hydrogen-bond acceptors (Lipinski definition) is 4. The van der Waals surface area contributed by atoms with E-state index in [1.54, 1.807) is 37.0 Å². The first-order valence-electron chi connectivity index (χ1n) is 5.86. The lowest BCUT2D eigenvalue weighted by Crippen LogP contribution is -2.67. The molecular formula is C12H17N3O2S. The summed E-state index contributed by atoms with van der Waals surface area (Å²) < 4.78 is 0. The zero-order chi connectivity index (χ0) is 13.5. The van der Waals surface area contributed by atoms with Crippen LogP contribution in [-0.4, -0.2) is 33.3 Å². The summed E-state index contributed by atoms with van der Waals surface area (Å²) in [6.45, 7) is 7.52. The average molecular weight is 267 g/mol. The fourth-order valence-corrected chi connectivity index (χ4v) is 2.59. The molecule has 1 atom stereocenters. The van der Waals surface area contributed by atoms with Gasteiger partial charge in [-0.25, -0.2) is 4.98 Å². The number of aryl methyl sites for hydroxylation is 1. The lowest BCUT2D eigenvalue weighted by atomic mass is 9.96. The maximum atomic E-state index is 12.2. The number of thiazole rings is 1. The number of nitrogens with zero attached hydrogens (tertiary/aromatic N) is 2. The van der Waals surface area contributed by atoms with Gasteiger partial charge in [0.25, 0.3) is 0 Å². The maximum Gasteiger partial charge on any atom is 0.246 e. The number of aromatic nitrogens is 1. The molecule has 5 nitrogen and oxygen atoms in total. The molecule has 1 aromatic rings. The summed E-state index contributed by atoms with van der Waals surface area (Å²) in [6, 6.07) is -0.467. The highest BCUT2D eigenvalue weighted by atomic mass is 32.1. The Morgan fingerprint density at radius 3 is 2.72 bits per heavy atom. The van der Waals surface area contributed by atoms with E-state index in [1.165, 1.54) is 0 Å². The number of rotatable bonds is 2. The number of piperazine rings is 1. The minimum Gasteiger partial charge on any atom is -0.343 e. The summed E-state index contributed by atoms with van der Waals surface area (Å²) in [4.78, 5) is 30.1. The Kier molecular flexibility index (Phi) is 3.14. The molecule has 0 spiro atoms. The quantitative estimate of drug-likeness (QED) is 0.872. The molecule has 0 bridgehead atoms. The van der Waals surface area contributed by atoms with Gasteiger partial charge in [-0.1, -0.05) is 0 Å². The summed E-state index contributed by atoms with van der Waals surface area (Å²) in [5.74, 6) is -0.188. The van der Waals surface area contributed by atoms with Gasteiger partial charge in [0, 0.05) is 5.38 Å². The Morgan fingerprint density at radius 1 is 1.50 bits per heavy atom. The van der Waals surface area contributed by atoms with E-state index in [0.717, 1.165) is 10.7 Å². The molecule has 1 aromatic heterocycles. The number of hydrogen-bond donors (Lipinski definition) is 1. The Morgan fingerprint density at radius 2 is 2.17 bits per heavy atom. The van der Waals surface area contributed by atoms with E-state index < -0.39 is 11.6 Å². The lowest BCUT2D eigenvalue weighted by molar-refractivity contribution is -0.155. The van der Waals surface area contributed by atoms with Crippen molar-refractivity contribution < 1.29 is 9.59 Å². The monoisotopic (exact) mass is 267 g/mol. The van der Waals surface area contributed by atoms with Crippen LogP contribution in [0, 0.1) is 6.92 Å². The van der Waals surface area contributed by atoms with Crippen molar-refractivity contribution in [3.63, 3.8) is 0 Å². The van der Waals surface area contributed by atoms with Crippen LogP contribution in [-0.2, 0) is 16.1 Å². The normalized spacial score (nSPS) is 23.1. The van der Waals surface area contributed by atoms with E-state index in [9.17, 15) is 9.59 Å². The summed E-state index contributed by atoms with van der Waals surface area (Å²) in [6.07, 6.45) is 0. The first-order valence-corrected chi connectivity index (χ1v) is 6.74. The van der Waals surface area contributed by atoms with Crippen molar-refractivity contribution in [2.75, 3.05) is 0 Å². The molecule has 0 aromatic carbocycles. The van der Waals surface area contributed by atoms with Crippen LogP contribution in [0.3, 0.4) is 0 Å². The summed E-state index contributed by atoms with van der Waals surface area (Å²) in [5.41, 5.74) is 0.00187. The van der Waals surface area contributed by atoms with Crippen LogP contribution >= 0.6 is 11.3 Å². The second-order valence-electron chi connectivity index (χ2n) is 5.04. The molecule has 1 saturated heterocycles. The van der Waals surface area contributed by atoms with Crippen molar-refractivity contribution >= 4 is 23.2 Å². The van der Waals surface area contributed by atoms with E-state index in [4.69, 9.17) is 0 Å². The predicted octanol–water partition coefficient (Wildman–Crippen LogP) is 1.08. The third kappa shape index (κ3) is 2.12. The summed E-state index contributed by atoms with van der Waals surface area (Å²) in [7, 11) is 0. The van der Waals surface area contributed by atoms with Gasteiger partial charge in [0.15, 0.2) is 0 Å². The van der Waals surface area contributed by atoms with E-state index in [0.29, 0.717) is 6.54 Å². The molecule has 98 valence electrons. The summed E-state index contributed by atoms with van der Waals surface area (Å²) in [5, 5.41) is 5.58. The average Bonchev–Trinajstić information content (AvgIpc) is 2.68. The zero-order valence-electron chi connectivity index (χ0n) is 11.0. The number of carbonyl (C=O) groups excluding carboxylic acids is 2. The highest BCUT2D eigenvalue weighted by molar-refractivity contribution is 7.09. The highest BCUT2D eigenvalue weighted by Gasteiger charge is 2.44. The minimum atomic E-state index is -0.832. The molecule has 18 heavy (non-hydrogen) atoms. The third-order valence-electron chi connectivity index (χ3n) is 3.20. The fraction of sp³-hybridized carbons (Fsp3) is 0.583. The van der Waals surface area contributed by atoms with Gasteiger partial charge >= 0.3 is 0 Å². The summed E-state index contributed by atoms with van der Waals surface area (Å²) >= 11 is 1.55. The Bertz CT molecular complexity index is 495. The van der Waals surface area contributed by atoms with Gasteiger partial charge in [-0.15, -0.1) is 11.3 Å². The van der Waals surface area contributed by atoms with E-state index in [2.05, 4.69) is 10.3 Å². The van der Waals surface area contributed by atoms with Crippen LogP contribution in [0.25, 0.3) is 0 Å². The molecular weight excluding hydrogens is 250 g/mol. The number of amides is 2. The molecule has 0 aliphatic carbocycles. The Labute approximate surface area is 110 Å². The maximum absolute atomic E-state index is 12.2. The van der Waals surface area contributed by atoms with Gasteiger partial charge in [0.1, 0.15) is 11.6 Å². The zero-order valence-corrected chi connectivity index (χ0v) is 11.8. The predicted molar refractivity (Wildman–Crippen MR) is 69.1 cm³/mol. The Hall–Kier alpha value is -1.43. The van der Waals surface area contributed by atoms with E-state index >= 15 is 0 Å². The first kappa shape index (κ1) is 13.0. The molecule has 1 unspecified atom stereocenters. The van der Waals surface area contributed by atoms with E-state index in [1.807, 2.05) is 12.3 Å². The smallest absolute Gasteiger partial charge is 0.246 e. The molecule has 1 N–H and O–H groups in total. The molecule has 0 saturated carbocycles. The first-order chi connectivity index (χ1) is 8.32. The van der Waals surface area contributed by atoms with Crippen LogP contribution < -0.4 is 5.32 Å². The molecule has 1 aliphatic rings. The van der Waals surface area contributed by atoms with Crippen molar-refractivity contribution in [3.8, 4) is 0 Å². The topological polar surface area (TPSA) is 62.3 Å². The van der Waals surface area contributed by atoms with E-state index in [-0.39, 0.29) is 11.8 Å². The second-order valence-corrected chi connectivity index (χ2v) is 6.10. The highest BCUT2D eigenvalue weighted by Crippen LogP contribution is 2.24. The van der Waals surface area contributed by atoms with Gasteiger partial charge in [-0.3, -0.25) is 9.59 Å². The van der Waals surface area contributed by atoms with Crippen LogP contribution in [0.4, 0.5) is 0 Å². The minimum absolute atomic E-state index is 0.0646. The van der Waals surface area contributed by atoms with Crippen molar-refractivity contribution in [1.29, 1.82) is 0 Å². The van der Waals surface area contributed by atoms with Gasteiger partial charge in [-0.2, -0.15) is 0 Å². The van der Waals surface area contributed by atoms with Crippen LogP contribution in [0.15, 0.2) is 5.38 Å². The van der Waals surface area contributed by atoms with Crippen LogP contribution in [0.2, 0.25) is 0 Å². The molecule has 2 rings (SSSR count). The van der Waals surface area contributed by atoms with Crippen LogP contribution in [0.5, 0.6) is 0 Å². The molecule has 1 fully saturated rings.